The van der Waals surface area contributed by atoms with Crippen molar-refractivity contribution < 1.29 is 9.59 Å². The van der Waals surface area contributed by atoms with Gasteiger partial charge in [-0.05, 0) is 59.7 Å². The van der Waals surface area contributed by atoms with Gasteiger partial charge in [0.1, 0.15) is 6.04 Å². The summed E-state index contributed by atoms with van der Waals surface area (Å²) in [7, 11) is 0. The second-order valence-electron chi connectivity index (χ2n) is 10.9. The molecular weight excluding hydrogens is 490 g/mol. The van der Waals surface area contributed by atoms with Gasteiger partial charge in [-0.15, -0.1) is 10.2 Å². The fourth-order valence-electron chi connectivity index (χ4n) is 5.16. The lowest BCUT2D eigenvalue weighted by Gasteiger charge is -2.27. The van der Waals surface area contributed by atoms with Crippen molar-refractivity contribution in [1.82, 2.24) is 25.9 Å². The van der Waals surface area contributed by atoms with E-state index in [2.05, 4.69) is 38.9 Å². The summed E-state index contributed by atoms with van der Waals surface area (Å²) in [6, 6.07) is 23.4. The number of H-pyrrole nitrogens is 1. The van der Waals surface area contributed by atoms with Crippen LogP contribution in [-0.4, -0.2) is 44.0 Å². The summed E-state index contributed by atoms with van der Waals surface area (Å²) in [4.78, 5) is 28.4. The molecule has 2 heterocycles. The first kappa shape index (κ1) is 26.2. The van der Waals surface area contributed by atoms with E-state index in [0.717, 1.165) is 33.5 Å². The van der Waals surface area contributed by atoms with E-state index in [0.29, 0.717) is 18.8 Å². The molecule has 0 radical (unpaired) electrons. The zero-order valence-corrected chi connectivity index (χ0v) is 22.4. The van der Waals surface area contributed by atoms with Crippen LogP contribution in [0.3, 0.4) is 0 Å². The fraction of sp³-hybridized carbons (Fsp3) is 0.300. The number of carbonyl (C=O) groups excluding carboxylic acids is 2. The van der Waals surface area contributed by atoms with Crippen molar-refractivity contribution in [2.24, 2.45) is 5.73 Å². The van der Waals surface area contributed by atoms with Gasteiger partial charge in [-0.2, -0.15) is 5.21 Å². The maximum Gasteiger partial charge on any atom is 0.249 e. The number of rotatable bonds is 7. The molecule has 9 heteroatoms. The number of amides is 2. The molecule has 5 rings (SSSR count). The number of hydrogen-bond acceptors (Lipinski definition) is 6. The van der Waals surface area contributed by atoms with Gasteiger partial charge in [0.2, 0.25) is 17.6 Å². The molecule has 1 aliphatic rings. The number of aromatic amines is 1. The summed E-state index contributed by atoms with van der Waals surface area (Å²) in [5, 5.41) is 17.4. The highest BCUT2D eigenvalue weighted by molar-refractivity contribution is 6.00. The van der Waals surface area contributed by atoms with Crippen LogP contribution >= 0.6 is 0 Å². The van der Waals surface area contributed by atoms with Crippen molar-refractivity contribution in [2.75, 3.05) is 4.90 Å². The molecule has 0 spiro atoms. The van der Waals surface area contributed by atoms with Crippen molar-refractivity contribution >= 4 is 17.5 Å². The Hall–Kier alpha value is -4.37. The van der Waals surface area contributed by atoms with E-state index in [1.54, 1.807) is 18.7 Å². The normalized spacial score (nSPS) is 17.4. The maximum atomic E-state index is 13.9. The van der Waals surface area contributed by atoms with Crippen LogP contribution in [0.4, 0.5) is 5.69 Å². The highest BCUT2D eigenvalue weighted by Gasteiger charge is 2.35. The van der Waals surface area contributed by atoms with Crippen molar-refractivity contribution in [3.63, 3.8) is 0 Å². The quantitative estimate of drug-likeness (QED) is 0.333. The van der Waals surface area contributed by atoms with E-state index >= 15 is 0 Å². The zero-order chi connectivity index (χ0) is 27.6. The highest BCUT2D eigenvalue weighted by Crippen LogP contribution is 2.36. The van der Waals surface area contributed by atoms with Gasteiger partial charge in [0.05, 0.1) is 6.54 Å². The second-order valence-corrected chi connectivity index (χ2v) is 10.9. The molecule has 4 aromatic rings. The lowest BCUT2D eigenvalue weighted by atomic mass is 9.94. The number of fused-ring (bicyclic) bond motifs is 1. The highest BCUT2D eigenvalue weighted by atomic mass is 16.2. The van der Waals surface area contributed by atoms with Crippen LogP contribution in [0.15, 0.2) is 72.8 Å². The van der Waals surface area contributed by atoms with E-state index in [1.807, 2.05) is 66.7 Å². The summed E-state index contributed by atoms with van der Waals surface area (Å²) in [5.74, 6) is 0.280. The zero-order valence-electron chi connectivity index (χ0n) is 22.4. The minimum Gasteiger partial charge on any atom is -0.344 e. The molecule has 0 fully saturated rings. The molecule has 0 bridgehead atoms. The van der Waals surface area contributed by atoms with Crippen molar-refractivity contribution in [1.29, 1.82) is 0 Å². The number of tetrazole rings is 1. The first-order valence-electron chi connectivity index (χ1n) is 13.1. The Morgan fingerprint density at radius 2 is 1.74 bits per heavy atom. The van der Waals surface area contributed by atoms with Gasteiger partial charge in [0, 0.05) is 23.2 Å². The molecule has 9 nitrogen and oxygen atoms in total. The maximum absolute atomic E-state index is 13.9. The Kier molecular flexibility index (Phi) is 7.26. The average molecular weight is 524 g/mol. The predicted molar refractivity (Wildman–Crippen MR) is 151 cm³/mol. The first-order chi connectivity index (χ1) is 18.7. The predicted octanol–water partition coefficient (Wildman–Crippen LogP) is 4.19. The Bertz CT molecular complexity index is 1460. The Labute approximate surface area is 227 Å². The van der Waals surface area contributed by atoms with E-state index in [1.165, 1.54) is 0 Å². The molecule has 0 saturated heterocycles. The smallest absolute Gasteiger partial charge is 0.249 e. The lowest BCUT2D eigenvalue weighted by molar-refractivity contribution is -0.128. The fourth-order valence-corrected chi connectivity index (χ4v) is 5.16. The van der Waals surface area contributed by atoms with Crippen LogP contribution in [0.1, 0.15) is 50.7 Å². The van der Waals surface area contributed by atoms with Gasteiger partial charge in [-0.25, -0.2) is 0 Å². The molecule has 1 aromatic heterocycles. The van der Waals surface area contributed by atoms with Crippen LogP contribution in [0.5, 0.6) is 0 Å². The van der Waals surface area contributed by atoms with Crippen LogP contribution in [0, 0.1) is 0 Å². The van der Waals surface area contributed by atoms with Gasteiger partial charge in [0.25, 0.3) is 0 Å². The minimum atomic E-state index is -0.657. The standard InChI is InChI=1S/C30H33N7O2/c1-19-16-25(32-27(38)17-30(2,3)31)29(39)37(26-11-7-6-8-22(19)26)18-20-12-14-21(15-13-20)23-9-4-5-10-24(23)28-33-35-36-34-28/h4-15,19,25H,16-18,31H2,1-3H3,(H,32,38)(H,33,34,35,36). The number of nitrogens with one attached hydrogen (secondary N) is 2. The van der Waals surface area contributed by atoms with Gasteiger partial charge in [-0.1, -0.05) is 73.7 Å². The minimum absolute atomic E-state index is 0.0929. The van der Waals surface area contributed by atoms with E-state index in [4.69, 9.17) is 5.73 Å². The van der Waals surface area contributed by atoms with Gasteiger partial charge >= 0.3 is 0 Å². The molecule has 39 heavy (non-hydrogen) atoms. The van der Waals surface area contributed by atoms with Crippen LogP contribution < -0.4 is 16.0 Å². The molecule has 4 N–H and O–H groups in total. The van der Waals surface area contributed by atoms with Gasteiger partial charge in [0.15, 0.2) is 0 Å². The van der Waals surface area contributed by atoms with Crippen molar-refractivity contribution in [3.05, 3.63) is 83.9 Å². The van der Waals surface area contributed by atoms with Crippen LogP contribution in [-0.2, 0) is 16.1 Å². The third-order valence-electron chi connectivity index (χ3n) is 6.98. The molecule has 3 aromatic carbocycles. The van der Waals surface area contributed by atoms with Crippen LogP contribution in [0.25, 0.3) is 22.5 Å². The number of anilines is 1. The third-order valence-corrected chi connectivity index (χ3v) is 6.98. The summed E-state index contributed by atoms with van der Waals surface area (Å²) < 4.78 is 0. The van der Waals surface area contributed by atoms with E-state index in [9.17, 15) is 9.59 Å². The summed E-state index contributed by atoms with van der Waals surface area (Å²) in [6.45, 7) is 6.08. The van der Waals surface area contributed by atoms with Crippen LogP contribution in [0.2, 0.25) is 0 Å². The molecule has 200 valence electrons. The molecule has 2 unspecified atom stereocenters. The second kappa shape index (κ2) is 10.8. The first-order valence-corrected chi connectivity index (χ1v) is 13.1. The van der Waals surface area contributed by atoms with Crippen molar-refractivity contribution in [2.45, 2.75) is 57.7 Å². The summed E-state index contributed by atoms with van der Waals surface area (Å²) >= 11 is 0. The number of aromatic nitrogens is 4. The topological polar surface area (TPSA) is 130 Å². The number of hydrogen-bond donors (Lipinski definition) is 3. The molecule has 2 amide bonds. The Morgan fingerprint density at radius 3 is 2.44 bits per heavy atom. The lowest BCUT2D eigenvalue weighted by Crippen LogP contribution is -2.50. The number of nitrogens with two attached hydrogens (primary N) is 1. The van der Waals surface area contributed by atoms with Crippen molar-refractivity contribution in [3.8, 4) is 22.5 Å². The Balaban J connectivity index is 1.43. The monoisotopic (exact) mass is 523 g/mol. The Morgan fingerprint density at radius 1 is 1.05 bits per heavy atom. The number of benzene rings is 3. The number of nitrogens with zero attached hydrogens (tertiary/aromatic N) is 4. The number of para-hydroxylation sites is 1. The summed E-state index contributed by atoms with van der Waals surface area (Å²) in [6.07, 6.45) is 0.666. The van der Waals surface area contributed by atoms with E-state index < -0.39 is 11.6 Å². The number of carbonyl (C=O) groups is 2. The molecule has 2 atom stereocenters. The SMILES string of the molecule is CC1CC(NC(=O)CC(C)(C)N)C(=O)N(Cc2ccc(-c3ccccc3-c3nn[nH]n3)cc2)c2ccccc21. The summed E-state index contributed by atoms with van der Waals surface area (Å²) in [5.41, 5.74) is 11.2. The third kappa shape index (κ3) is 5.88. The molecular formula is C30H33N7O2. The van der Waals surface area contributed by atoms with Gasteiger partial charge in [-0.3, -0.25) is 9.59 Å². The van der Waals surface area contributed by atoms with E-state index in [-0.39, 0.29) is 24.2 Å². The van der Waals surface area contributed by atoms with Gasteiger partial charge < -0.3 is 16.0 Å². The molecule has 0 saturated carbocycles. The average Bonchev–Trinajstić information content (AvgIpc) is 3.43. The largest absolute Gasteiger partial charge is 0.344 e. The molecule has 1 aliphatic heterocycles. The molecule has 0 aliphatic carbocycles.